The van der Waals surface area contributed by atoms with Gasteiger partial charge in [0.1, 0.15) is 11.4 Å². The number of rotatable bonds is 2. The largest absolute Gasteiger partial charge is 0.372 e. The van der Waals surface area contributed by atoms with E-state index in [9.17, 15) is 4.79 Å². The van der Waals surface area contributed by atoms with Gasteiger partial charge in [-0.2, -0.15) is 0 Å². The highest BCUT2D eigenvalue weighted by Crippen LogP contribution is 2.27. The molecule has 5 nitrogen and oxygen atoms in total. The third-order valence-corrected chi connectivity index (χ3v) is 5.64. The van der Waals surface area contributed by atoms with Crippen molar-refractivity contribution in [1.29, 1.82) is 0 Å². The Morgan fingerprint density at radius 3 is 2.78 bits per heavy atom. The molecule has 3 aromatic heterocycles. The number of hydrogen-bond donors (Lipinski definition) is 0. The van der Waals surface area contributed by atoms with Crippen molar-refractivity contribution in [3.8, 4) is 10.6 Å². The van der Waals surface area contributed by atoms with E-state index in [1.165, 1.54) is 11.3 Å². The molecule has 0 bridgehead atoms. The highest BCUT2D eigenvalue weighted by molar-refractivity contribution is 7.15. The molecule has 1 aliphatic heterocycles. The molecule has 4 rings (SSSR count). The van der Waals surface area contributed by atoms with Crippen molar-refractivity contribution < 1.29 is 9.53 Å². The van der Waals surface area contributed by atoms with Crippen molar-refractivity contribution in [2.24, 2.45) is 0 Å². The normalized spacial score (nSPS) is 21.9. The van der Waals surface area contributed by atoms with E-state index in [1.807, 2.05) is 52.2 Å². The zero-order valence-electron chi connectivity index (χ0n) is 12.9. The average molecular weight is 347 g/mol. The van der Waals surface area contributed by atoms with Crippen LogP contribution in [0.3, 0.4) is 0 Å². The van der Waals surface area contributed by atoms with E-state index < -0.39 is 0 Å². The van der Waals surface area contributed by atoms with Gasteiger partial charge in [-0.05, 0) is 25.3 Å². The minimum atomic E-state index is 0.0494. The van der Waals surface area contributed by atoms with E-state index in [0.29, 0.717) is 18.8 Å². The van der Waals surface area contributed by atoms with Crippen molar-refractivity contribution in [1.82, 2.24) is 14.3 Å². The molecular weight excluding hydrogens is 330 g/mol. The fourth-order valence-electron chi connectivity index (χ4n) is 2.99. The van der Waals surface area contributed by atoms with E-state index in [-0.39, 0.29) is 18.1 Å². The lowest BCUT2D eigenvalue weighted by Crippen LogP contribution is -2.48. The Hall–Kier alpha value is -1.70. The summed E-state index contributed by atoms with van der Waals surface area (Å²) in [5.74, 6) is 0.0494. The average Bonchev–Trinajstić information content (AvgIpc) is 3.21. The highest BCUT2D eigenvalue weighted by Gasteiger charge is 2.28. The zero-order chi connectivity index (χ0) is 16.0. The monoisotopic (exact) mass is 347 g/mol. The quantitative estimate of drug-likeness (QED) is 0.714. The zero-order valence-corrected chi connectivity index (χ0v) is 14.6. The summed E-state index contributed by atoms with van der Waals surface area (Å²) < 4.78 is 7.62. The Morgan fingerprint density at radius 2 is 2.09 bits per heavy atom. The van der Waals surface area contributed by atoms with Gasteiger partial charge in [-0.15, -0.1) is 22.7 Å². The van der Waals surface area contributed by atoms with E-state index in [2.05, 4.69) is 4.98 Å². The topological polar surface area (TPSA) is 46.8 Å². The van der Waals surface area contributed by atoms with Crippen LogP contribution >= 0.6 is 22.7 Å². The predicted molar refractivity (Wildman–Crippen MR) is 92.3 cm³/mol. The van der Waals surface area contributed by atoms with E-state index >= 15 is 0 Å². The fraction of sp³-hybridized carbons (Fsp3) is 0.375. The lowest BCUT2D eigenvalue weighted by atomic mass is 10.2. The number of thiophene rings is 1. The second kappa shape index (κ2) is 5.74. The van der Waals surface area contributed by atoms with Crippen LogP contribution in [0.2, 0.25) is 0 Å². The van der Waals surface area contributed by atoms with Gasteiger partial charge in [0.15, 0.2) is 4.96 Å². The third-order valence-electron chi connectivity index (χ3n) is 3.91. The maximum Gasteiger partial charge on any atom is 0.271 e. The number of fused-ring (bicyclic) bond motifs is 1. The third kappa shape index (κ3) is 2.69. The number of morpholine rings is 1. The Balaban J connectivity index is 1.67. The van der Waals surface area contributed by atoms with E-state index in [0.717, 1.165) is 15.5 Å². The van der Waals surface area contributed by atoms with Crippen LogP contribution in [0.5, 0.6) is 0 Å². The first-order valence-corrected chi connectivity index (χ1v) is 9.33. The Kier molecular flexibility index (Phi) is 3.71. The van der Waals surface area contributed by atoms with Crippen molar-refractivity contribution in [2.75, 3.05) is 13.1 Å². The van der Waals surface area contributed by atoms with Gasteiger partial charge in [0.25, 0.3) is 5.91 Å². The molecule has 0 N–H and O–H groups in total. The second-order valence-electron chi connectivity index (χ2n) is 5.84. The summed E-state index contributed by atoms with van der Waals surface area (Å²) >= 11 is 3.16. The number of carbonyl (C=O) groups is 1. The maximum absolute atomic E-state index is 12.9. The van der Waals surface area contributed by atoms with Gasteiger partial charge in [0, 0.05) is 24.7 Å². The summed E-state index contributed by atoms with van der Waals surface area (Å²) in [5, 5.41) is 3.93. The predicted octanol–water partition coefficient (Wildman–Crippen LogP) is 3.37. The smallest absolute Gasteiger partial charge is 0.271 e. The summed E-state index contributed by atoms with van der Waals surface area (Å²) in [7, 11) is 0. The minimum absolute atomic E-state index is 0.0494. The molecule has 7 heteroatoms. The number of ether oxygens (including phenoxy) is 1. The van der Waals surface area contributed by atoms with Crippen LogP contribution in [0.15, 0.2) is 29.1 Å². The molecule has 1 saturated heterocycles. The van der Waals surface area contributed by atoms with Crippen molar-refractivity contribution in [3.05, 3.63) is 34.8 Å². The number of nitrogens with zero attached hydrogens (tertiary/aromatic N) is 3. The van der Waals surface area contributed by atoms with Gasteiger partial charge >= 0.3 is 0 Å². The molecule has 0 spiro atoms. The summed E-state index contributed by atoms with van der Waals surface area (Å²) in [6.07, 6.45) is 2.10. The maximum atomic E-state index is 12.9. The molecule has 1 fully saturated rings. The molecule has 0 saturated carbocycles. The van der Waals surface area contributed by atoms with Crippen molar-refractivity contribution in [2.45, 2.75) is 26.1 Å². The van der Waals surface area contributed by atoms with E-state index in [4.69, 9.17) is 4.74 Å². The molecular formula is C16H17N3O2S2. The standard InChI is InChI=1S/C16H17N3O2S2/c1-10-6-18(7-11(2)21-10)15(20)13-9-23-16-17-12(8-19(13)16)14-4-3-5-22-14/h3-5,8-11H,6-7H2,1-2H3. The van der Waals surface area contributed by atoms with Gasteiger partial charge < -0.3 is 9.64 Å². The molecule has 0 aliphatic carbocycles. The number of hydrogen-bond acceptors (Lipinski definition) is 5. The number of amides is 1. The van der Waals surface area contributed by atoms with Crippen LogP contribution in [-0.2, 0) is 4.74 Å². The summed E-state index contributed by atoms with van der Waals surface area (Å²) in [6.45, 7) is 5.27. The van der Waals surface area contributed by atoms with Crippen LogP contribution in [0.1, 0.15) is 24.3 Å². The van der Waals surface area contributed by atoms with Crippen LogP contribution < -0.4 is 0 Å². The first kappa shape index (κ1) is 14.9. The molecule has 120 valence electrons. The fourth-order valence-corrected chi connectivity index (χ4v) is 4.51. The molecule has 2 unspecified atom stereocenters. The number of thiazole rings is 1. The van der Waals surface area contributed by atoms with Gasteiger partial charge in [-0.1, -0.05) is 6.07 Å². The van der Waals surface area contributed by atoms with Crippen molar-refractivity contribution in [3.63, 3.8) is 0 Å². The molecule has 0 aromatic carbocycles. The molecule has 4 heterocycles. The Labute approximate surface area is 142 Å². The lowest BCUT2D eigenvalue weighted by Gasteiger charge is -2.35. The summed E-state index contributed by atoms with van der Waals surface area (Å²) in [4.78, 5) is 21.4. The second-order valence-corrected chi connectivity index (χ2v) is 7.63. The minimum Gasteiger partial charge on any atom is -0.372 e. The van der Waals surface area contributed by atoms with E-state index in [1.54, 1.807) is 11.3 Å². The number of imidazole rings is 1. The molecule has 1 amide bonds. The van der Waals surface area contributed by atoms with Gasteiger partial charge in [0.05, 0.1) is 17.1 Å². The number of carbonyl (C=O) groups excluding carboxylic acids is 1. The van der Waals surface area contributed by atoms with Gasteiger partial charge in [0.2, 0.25) is 0 Å². The summed E-state index contributed by atoms with van der Waals surface area (Å²) in [5.41, 5.74) is 1.60. The Morgan fingerprint density at radius 1 is 1.30 bits per heavy atom. The molecule has 1 aliphatic rings. The SMILES string of the molecule is CC1CN(C(=O)c2csc3nc(-c4cccs4)cn23)CC(C)O1. The molecule has 0 radical (unpaired) electrons. The molecule has 23 heavy (non-hydrogen) atoms. The number of aromatic nitrogens is 2. The van der Waals surface area contributed by atoms with Crippen LogP contribution in [0, 0.1) is 0 Å². The van der Waals surface area contributed by atoms with Crippen LogP contribution in [-0.4, -0.2) is 45.5 Å². The molecule has 2 atom stereocenters. The van der Waals surface area contributed by atoms with Crippen LogP contribution in [0.4, 0.5) is 0 Å². The highest BCUT2D eigenvalue weighted by atomic mass is 32.1. The first-order valence-electron chi connectivity index (χ1n) is 7.57. The lowest BCUT2D eigenvalue weighted by molar-refractivity contribution is -0.0587. The molecule has 3 aromatic rings. The Bertz CT molecular complexity index is 827. The van der Waals surface area contributed by atoms with Gasteiger partial charge in [-0.25, -0.2) is 4.98 Å². The first-order chi connectivity index (χ1) is 11.1. The van der Waals surface area contributed by atoms with Crippen molar-refractivity contribution >= 4 is 33.5 Å². The van der Waals surface area contributed by atoms with Gasteiger partial charge in [-0.3, -0.25) is 9.20 Å². The van der Waals surface area contributed by atoms with Crippen LogP contribution in [0.25, 0.3) is 15.5 Å². The summed E-state index contributed by atoms with van der Waals surface area (Å²) in [6, 6.07) is 4.06.